The van der Waals surface area contributed by atoms with Crippen molar-refractivity contribution < 1.29 is 21.1 Å². The molecule has 0 heterocycles. The fourth-order valence-corrected chi connectivity index (χ4v) is 1.54. The minimum atomic E-state index is 0.501. The van der Waals surface area contributed by atoms with Crippen LogP contribution in [-0.4, -0.2) is 0 Å². The molecule has 1 nitrogen and oxygen atoms in total. The molecule has 0 spiro atoms. The molecule has 0 radical (unpaired) electrons. The van der Waals surface area contributed by atoms with Crippen LogP contribution < -0.4 is 4.74 Å². The van der Waals surface area contributed by atoms with E-state index in [0.29, 0.717) is 22.4 Å². The summed E-state index contributed by atoms with van der Waals surface area (Å²) in [6, 6.07) is 15.8. The standard InChI is InChI=1S/C13H9Cl2O.BrH.Zn/c14-12-7-6-11(8-13(12)15)16-9-10-4-2-1-3-5-10;;/h2-8H,9H2;1H;/q-1;;+2/p-1. The van der Waals surface area contributed by atoms with Gasteiger partial charge in [-0.25, -0.2) is 0 Å². The van der Waals surface area contributed by atoms with Crippen LogP contribution in [0.25, 0.3) is 0 Å². The Balaban J connectivity index is 0.000000771. The van der Waals surface area contributed by atoms with Gasteiger partial charge in [0.05, 0.1) is 16.7 Å². The summed E-state index contributed by atoms with van der Waals surface area (Å²) in [6.45, 7) is 0.507. The fourth-order valence-electron chi connectivity index (χ4n) is 1.25. The third-order valence-electron chi connectivity index (χ3n) is 2.08. The Labute approximate surface area is 133 Å². The molecule has 0 bridgehead atoms. The Morgan fingerprint density at radius 2 is 1.72 bits per heavy atom. The number of ether oxygens (including phenoxy) is 1. The summed E-state index contributed by atoms with van der Waals surface area (Å²) in [5.74, 6) is 0.710. The molecule has 18 heavy (non-hydrogen) atoms. The van der Waals surface area contributed by atoms with Crippen LogP contribution in [0.5, 0.6) is 5.75 Å². The molecule has 5 heteroatoms. The van der Waals surface area contributed by atoms with Crippen LogP contribution in [0.2, 0.25) is 10.0 Å². The average Bonchev–Trinajstić information content (AvgIpc) is 2.44. The molecule has 0 aromatic heterocycles. The van der Waals surface area contributed by atoms with E-state index in [0.717, 1.165) is 5.56 Å². The third kappa shape index (κ3) is 5.28. The maximum absolute atomic E-state index is 5.88. The molecule has 0 N–H and O–H groups in total. The van der Waals surface area contributed by atoms with E-state index in [4.69, 9.17) is 27.9 Å². The second-order valence-corrected chi connectivity index (χ2v) is 4.09. The quantitative estimate of drug-likeness (QED) is 0.510. The van der Waals surface area contributed by atoms with Crippen LogP contribution >= 0.6 is 36.8 Å². The predicted molar refractivity (Wildman–Crippen MR) is 75.0 cm³/mol. The van der Waals surface area contributed by atoms with Gasteiger partial charge in [-0.3, -0.25) is 0 Å². The summed E-state index contributed by atoms with van der Waals surface area (Å²) in [6.07, 6.45) is 0. The number of halogens is 3. The Kier molecular flexibility index (Phi) is 7.93. The van der Waals surface area contributed by atoms with Crippen molar-refractivity contribution in [1.29, 1.82) is 0 Å². The summed E-state index contributed by atoms with van der Waals surface area (Å²) in [5, 5.41) is 1.03. The summed E-state index contributed by atoms with van der Waals surface area (Å²) < 4.78 is 5.57. The zero-order valence-corrected chi connectivity index (χ0v) is 15.6. The Morgan fingerprint density at radius 1 is 1.06 bits per heavy atom. The Morgan fingerprint density at radius 3 is 2.33 bits per heavy atom. The van der Waals surface area contributed by atoms with E-state index in [2.05, 4.69) is 19.7 Å². The average molecular weight is 397 g/mol. The van der Waals surface area contributed by atoms with E-state index in [1.807, 2.05) is 24.3 Å². The summed E-state index contributed by atoms with van der Waals surface area (Å²) >= 11 is 15.9. The second-order valence-electron chi connectivity index (χ2n) is 3.27. The number of rotatable bonds is 3. The Hall–Kier alpha value is -0.0766. The van der Waals surface area contributed by atoms with Crippen molar-refractivity contribution >= 4 is 36.8 Å². The van der Waals surface area contributed by atoms with Crippen LogP contribution in [0, 0.1) is 6.07 Å². The molecule has 0 unspecified atom stereocenters. The monoisotopic (exact) mass is 394 g/mol. The van der Waals surface area contributed by atoms with Gasteiger partial charge in [-0.05, 0) is 12.1 Å². The van der Waals surface area contributed by atoms with Gasteiger partial charge in [0, 0.05) is 6.07 Å². The van der Waals surface area contributed by atoms with E-state index >= 15 is 0 Å². The van der Waals surface area contributed by atoms with E-state index in [1.54, 1.807) is 18.2 Å². The van der Waals surface area contributed by atoms with E-state index in [-0.39, 0.29) is 0 Å². The summed E-state index contributed by atoms with van der Waals surface area (Å²) in [4.78, 5) is 0. The van der Waals surface area contributed by atoms with E-state index < -0.39 is 0 Å². The van der Waals surface area contributed by atoms with Gasteiger partial charge in [-0.2, -0.15) is 30.3 Å². The molecule has 2 aromatic carbocycles. The van der Waals surface area contributed by atoms with Gasteiger partial charge in [0.1, 0.15) is 5.75 Å². The van der Waals surface area contributed by atoms with Gasteiger partial charge in [0.15, 0.2) is 0 Å². The zero-order valence-electron chi connectivity index (χ0n) is 9.50. The maximum atomic E-state index is 5.88. The van der Waals surface area contributed by atoms with Crippen molar-refractivity contribution in [2.24, 2.45) is 0 Å². The number of hydrogen-bond donors (Lipinski definition) is 0. The van der Waals surface area contributed by atoms with Crippen LogP contribution in [0.4, 0.5) is 0 Å². The summed E-state index contributed by atoms with van der Waals surface area (Å²) in [7, 11) is 0. The first-order valence-electron chi connectivity index (χ1n) is 5.05. The molecule has 0 atom stereocenters. The molecule has 0 amide bonds. The third-order valence-corrected chi connectivity index (χ3v) is 2.82. The van der Waals surface area contributed by atoms with E-state index in [1.165, 1.54) is 16.3 Å². The first kappa shape index (κ1) is 16.0. The molecule has 0 saturated heterocycles. The zero-order chi connectivity index (χ0) is 13.4. The van der Waals surface area contributed by atoms with Gasteiger partial charge in [-0.1, -0.05) is 23.2 Å². The molecule has 0 aliphatic rings. The van der Waals surface area contributed by atoms with Gasteiger partial charge >= 0.3 is 30.0 Å². The SMILES string of the molecule is Clc1ccc(OCc2cc[c-]cc2)cc1Cl.[Zn+][Br]. The molecule has 0 aliphatic carbocycles. The van der Waals surface area contributed by atoms with Crippen molar-refractivity contribution in [3.8, 4) is 5.75 Å². The predicted octanol–water partition coefficient (Wildman–Crippen LogP) is 5.22. The van der Waals surface area contributed by atoms with Gasteiger partial charge in [0.2, 0.25) is 0 Å². The van der Waals surface area contributed by atoms with Gasteiger partial charge in [0.25, 0.3) is 0 Å². The van der Waals surface area contributed by atoms with Crippen molar-refractivity contribution in [3.05, 3.63) is 64.1 Å². The summed E-state index contributed by atoms with van der Waals surface area (Å²) in [5.41, 5.74) is 1.09. The van der Waals surface area contributed by atoms with Crippen molar-refractivity contribution in [2.45, 2.75) is 6.61 Å². The molecule has 2 rings (SSSR count). The topological polar surface area (TPSA) is 9.23 Å². The van der Waals surface area contributed by atoms with Crippen LogP contribution in [-0.2, 0) is 22.9 Å². The number of benzene rings is 2. The fraction of sp³-hybridized carbons (Fsp3) is 0.0769. The minimum absolute atomic E-state index is 0.501. The van der Waals surface area contributed by atoms with Crippen molar-refractivity contribution in [2.75, 3.05) is 0 Å². The first-order chi connectivity index (χ1) is 8.75. The second kappa shape index (κ2) is 8.93. The molecule has 0 saturated carbocycles. The van der Waals surface area contributed by atoms with E-state index in [9.17, 15) is 0 Å². The van der Waals surface area contributed by atoms with Crippen molar-refractivity contribution in [3.63, 3.8) is 0 Å². The van der Waals surface area contributed by atoms with Gasteiger partial charge < -0.3 is 4.74 Å². The molecular formula is C13H9BrCl2OZn. The first-order valence-corrected chi connectivity index (χ1v) is 12.8. The van der Waals surface area contributed by atoms with Crippen molar-refractivity contribution in [1.82, 2.24) is 0 Å². The normalized spacial score (nSPS) is 9.39. The van der Waals surface area contributed by atoms with Crippen LogP contribution in [0.15, 0.2) is 42.5 Å². The van der Waals surface area contributed by atoms with Gasteiger partial charge in [-0.15, -0.1) is 5.56 Å². The molecular weight excluding hydrogens is 388 g/mol. The van der Waals surface area contributed by atoms with Crippen LogP contribution in [0.3, 0.4) is 0 Å². The molecule has 90 valence electrons. The molecule has 2 aromatic rings. The Bertz CT molecular complexity index is 480. The molecule has 0 fully saturated rings. The number of hydrogen-bond acceptors (Lipinski definition) is 1. The van der Waals surface area contributed by atoms with Crippen LogP contribution in [0.1, 0.15) is 5.56 Å². The molecule has 0 aliphatic heterocycles.